The highest BCUT2D eigenvalue weighted by atomic mass is 19.3. The minimum atomic E-state index is -2.93. The predicted molar refractivity (Wildman–Crippen MR) is 72.6 cm³/mol. The Morgan fingerprint density at radius 3 is 2.95 bits per heavy atom. The first-order chi connectivity index (χ1) is 10.0. The summed E-state index contributed by atoms with van der Waals surface area (Å²) in [5.41, 5.74) is 0.460. The molecule has 3 nitrogen and oxygen atoms in total. The average Bonchev–Trinajstić information content (AvgIpc) is 3.06. The van der Waals surface area contributed by atoms with Gasteiger partial charge in [0.15, 0.2) is 0 Å². The molecule has 1 aliphatic carbocycles. The summed E-state index contributed by atoms with van der Waals surface area (Å²) in [7, 11) is 0. The molecule has 5 heteroatoms. The zero-order chi connectivity index (χ0) is 14.4. The molecule has 1 unspecified atom stereocenters. The molecule has 3 aliphatic rings. The van der Waals surface area contributed by atoms with Crippen LogP contribution in [0, 0.1) is 5.92 Å². The number of phenols is 1. The van der Waals surface area contributed by atoms with Gasteiger partial charge in [-0.1, -0.05) is 0 Å². The third-order valence-electron chi connectivity index (χ3n) is 5.39. The van der Waals surface area contributed by atoms with Crippen molar-refractivity contribution in [2.75, 3.05) is 13.1 Å². The smallest absolute Gasteiger partial charge is 0.289 e. The van der Waals surface area contributed by atoms with Crippen molar-refractivity contribution >= 4 is 11.0 Å². The maximum atomic E-state index is 14.8. The molecule has 1 saturated carbocycles. The lowest BCUT2D eigenvalue weighted by Crippen LogP contribution is -2.39. The molecule has 2 fully saturated rings. The summed E-state index contributed by atoms with van der Waals surface area (Å²) >= 11 is 0. The number of phenolic OH excluding ortho intramolecular Hbond substituents is 1. The summed E-state index contributed by atoms with van der Waals surface area (Å²) in [6, 6.07) is 4.66. The Kier molecular flexibility index (Phi) is 2.04. The molecule has 1 saturated heterocycles. The van der Waals surface area contributed by atoms with Gasteiger partial charge in [-0.25, -0.2) is 0 Å². The molecule has 3 heterocycles. The van der Waals surface area contributed by atoms with E-state index in [4.69, 9.17) is 4.42 Å². The van der Waals surface area contributed by atoms with Crippen LogP contribution >= 0.6 is 0 Å². The fraction of sp³-hybridized carbons (Fsp3) is 0.500. The largest absolute Gasteiger partial charge is 0.508 e. The second-order valence-electron chi connectivity index (χ2n) is 6.67. The molecule has 0 radical (unpaired) electrons. The van der Waals surface area contributed by atoms with Crippen LogP contribution in [0.4, 0.5) is 8.78 Å². The van der Waals surface area contributed by atoms with Crippen LogP contribution in [-0.2, 0) is 5.92 Å². The van der Waals surface area contributed by atoms with E-state index in [1.807, 2.05) is 4.90 Å². The first-order valence-electron chi connectivity index (χ1n) is 7.41. The molecule has 110 valence electrons. The molecule has 21 heavy (non-hydrogen) atoms. The Labute approximate surface area is 120 Å². The van der Waals surface area contributed by atoms with Gasteiger partial charge in [0.1, 0.15) is 17.1 Å². The van der Waals surface area contributed by atoms with E-state index in [-0.39, 0.29) is 29.8 Å². The van der Waals surface area contributed by atoms with Gasteiger partial charge in [0, 0.05) is 23.9 Å². The molecule has 1 aromatic carbocycles. The summed E-state index contributed by atoms with van der Waals surface area (Å²) in [5, 5.41) is 10.0. The van der Waals surface area contributed by atoms with Gasteiger partial charge in [-0.05, 0) is 37.0 Å². The Balaban J connectivity index is 1.82. The standard InChI is InChI=1S/C16H15F2NO2/c17-16(18)7-19-6-8-3-10(12(19)4-8)15-14(16)11-5-9(20)1-2-13(11)21-15/h1-2,5,8,10,12,20H,3-4,6-7H2/t8-,10-,12?/m1/s1. The number of piperidine rings is 1. The summed E-state index contributed by atoms with van der Waals surface area (Å²) < 4.78 is 35.4. The van der Waals surface area contributed by atoms with Crippen LogP contribution in [0.15, 0.2) is 22.6 Å². The van der Waals surface area contributed by atoms with Gasteiger partial charge in [-0.3, -0.25) is 4.90 Å². The van der Waals surface area contributed by atoms with Gasteiger partial charge in [0.05, 0.1) is 12.1 Å². The van der Waals surface area contributed by atoms with Gasteiger partial charge in [-0.15, -0.1) is 0 Å². The molecule has 3 atom stereocenters. The number of aromatic hydroxyl groups is 1. The molecular weight excluding hydrogens is 276 g/mol. The van der Waals surface area contributed by atoms with Crippen LogP contribution in [0.25, 0.3) is 11.0 Å². The molecule has 2 aliphatic heterocycles. The Morgan fingerprint density at radius 2 is 2.14 bits per heavy atom. The highest BCUT2D eigenvalue weighted by Gasteiger charge is 2.55. The number of furan rings is 1. The summed E-state index contributed by atoms with van der Waals surface area (Å²) in [4.78, 5) is 1.93. The number of benzene rings is 1. The number of nitrogens with zero attached hydrogens (tertiary/aromatic N) is 1. The molecule has 1 N–H and O–H groups in total. The summed E-state index contributed by atoms with van der Waals surface area (Å²) in [6.07, 6.45) is 1.94. The SMILES string of the molecule is Oc1ccc2oc3c(c2c1)C(F)(F)CN1C[C@H]2CC1[C@H]3C2. The van der Waals surface area contributed by atoms with Crippen molar-refractivity contribution in [3.8, 4) is 5.75 Å². The second kappa shape index (κ2) is 3.58. The fourth-order valence-corrected chi connectivity index (χ4v) is 4.68. The lowest BCUT2D eigenvalue weighted by Gasteiger charge is -2.30. The molecule has 2 aromatic rings. The zero-order valence-corrected chi connectivity index (χ0v) is 11.4. The summed E-state index contributed by atoms with van der Waals surface area (Å²) in [5.74, 6) is -1.89. The van der Waals surface area contributed by atoms with Crippen molar-refractivity contribution in [1.82, 2.24) is 4.90 Å². The normalized spacial score (nSPS) is 33.3. The maximum Gasteiger partial charge on any atom is 0.289 e. The van der Waals surface area contributed by atoms with Crippen molar-refractivity contribution in [3.05, 3.63) is 29.5 Å². The molecule has 5 rings (SSSR count). The Hall–Kier alpha value is -1.62. The number of alkyl halides is 2. The van der Waals surface area contributed by atoms with Gasteiger partial charge >= 0.3 is 0 Å². The van der Waals surface area contributed by atoms with Crippen molar-refractivity contribution in [1.29, 1.82) is 0 Å². The lowest BCUT2D eigenvalue weighted by atomic mass is 9.93. The van der Waals surface area contributed by atoms with Crippen LogP contribution < -0.4 is 0 Å². The molecular formula is C16H15F2NO2. The van der Waals surface area contributed by atoms with Crippen LogP contribution in [0.3, 0.4) is 0 Å². The Bertz CT molecular complexity index is 754. The van der Waals surface area contributed by atoms with Crippen LogP contribution in [0.5, 0.6) is 5.75 Å². The minimum absolute atomic E-state index is 0.00118. The third-order valence-corrected chi connectivity index (χ3v) is 5.39. The molecule has 0 amide bonds. The van der Waals surface area contributed by atoms with E-state index in [0.29, 0.717) is 22.6 Å². The first kappa shape index (κ1) is 12.0. The van der Waals surface area contributed by atoms with Crippen molar-refractivity contribution < 1.29 is 18.3 Å². The minimum Gasteiger partial charge on any atom is -0.508 e. The van der Waals surface area contributed by atoms with E-state index in [2.05, 4.69) is 0 Å². The monoisotopic (exact) mass is 291 g/mol. The third kappa shape index (κ3) is 1.45. The zero-order valence-electron chi connectivity index (χ0n) is 11.4. The molecule has 0 spiro atoms. The Morgan fingerprint density at radius 1 is 1.29 bits per heavy atom. The van der Waals surface area contributed by atoms with Crippen LogP contribution in [0.1, 0.15) is 30.1 Å². The van der Waals surface area contributed by atoms with Crippen LogP contribution in [-0.4, -0.2) is 29.1 Å². The second-order valence-corrected chi connectivity index (χ2v) is 6.67. The summed E-state index contributed by atoms with van der Waals surface area (Å²) in [6.45, 7) is 0.548. The van der Waals surface area contributed by atoms with Crippen molar-refractivity contribution in [2.45, 2.75) is 30.7 Å². The fourth-order valence-electron chi connectivity index (χ4n) is 4.68. The van der Waals surface area contributed by atoms with E-state index in [1.54, 1.807) is 6.07 Å². The van der Waals surface area contributed by atoms with E-state index < -0.39 is 5.92 Å². The van der Waals surface area contributed by atoms with Gasteiger partial charge in [0.25, 0.3) is 5.92 Å². The van der Waals surface area contributed by atoms with Gasteiger partial charge < -0.3 is 9.52 Å². The van der Waals surface area contributed by atoms with E-state index >= 15 is 0 Å². The maximum absolute atomic E-state index is 14.8. The van der Waals surface area contributed by atoms with Crippen LogP contribution in [0.2, 0.25) is 0 Å². The van der Waals surface area contributed by atoms with E-state index in [0.717, 1.165) is 19.4 Å². The quantitative estimate of drug-likeness (QED) is 0.808. The number of rotatable bonds is 0. The molecule has 2 bridgehead atoms. The lowest BCUT2D eigenvalue weighted by molar-refractivity contribution is -0.0380. The van der Waals surface area contributed by atoms with Crippen molar-refractivity contribution in [2.24, 2.45) is 5.92 Å². The number of fused-ring (bicyclic) bond motifs is 5. The highest BCUT2D eigenvalue weighted by Crippen LogP contribution is 2.55. The number of hydrogen-bond acceptors (Lipinski definition) is 3. The number of halogens is 2. The van der Waals surface area contributed by atoms with Crippen molar-refractivity contribution in [3.63, 3.8) is 0 Å². The van der Waals surface area contributed by atoms with Gasteiger partial charge in [0.2, 0.25) is 0 Å². The van der Waals surface area contributed by atoms with E-state index in [9.17, 15) is 13.9 Å². The predicted octanol–water partition coefficient (Wildman–Crippen LogP) is 3.42. The molecule has 1 aromatic heterocycles. The van der Waals surface area contributed by atoms with Gasteiger partial charge in [-0.2, -0.15) is 8.78 Å². The topological polar surface area (TPSA) is 36.6 Å². The first-order valence-corrected chi connectivity index (χ1v) is 7.41. The average molecular weight is 291 g/mol. The van der Waals surface area contributed by atoms with E-state index in [1.165, 1.54) is 12.1 Å². The highest BCUT2D eigenvalue weighted by molar-refractivity contribution is 5.85. The number of hydrogen-bond donors (Lipinski definition) is 1.